The third-order valence-electron chi connectivity index (χ3n) is 3.21. The summed E-state index contributed by atoms with van der Waals surface area (Å²) in [7, 11) is 0. The molecule has 0 bridgehead atoms. The van der Waals surface area contributed by atoms with Gasteiger partial charge in [-0.3, -0.25) is 0 Å². The molecule has 0 N–H and O–H groups in total. The molecule has 2 heterocycles. The van der Waals surface area contributed by atoms with Crippen molar-refractivity contribution in [3.8, 4) is 0 Å². The van der Waals surface area contributed by atoms with Crippen LogP contribution in [0.3, 0.4) is 0 Å². The van der Waals surface area contributed by atoms with Crippen LogP contribution in [0.2, 0.25) is 0 Å². The van der Waals surface area contributed by atoms with Crippen LogP contribution in [0, 0.1) is 14.4 Å². The van der Waals surface area contributed by atoms with Gasteiger partial charge in [-0.05, 0) is 26.3 Å². The van der Waals surface area contributed by atoms with Gasteiger partial charge in [0.2, 0.25) is 0 Å². The first-order valence-corrected chi connectivity index (χ1v) is 5.34. The van der Waals surface area contributed by atoms with Crippen molar-refractivity contribution in [1.82, 2.24) is 4.90 Å². The van der Waals surface area contributed by atoms with Crippen molar-refractivity contribution in [1.29, 1.82) is 0 Å². The Morgan fingerprint density at radius 3 is 2.36 bits per heavy atom. The summed E-state index contributed by atoms with van der Waals surface area (Å²) >= 11 is 0. The van der Waals surface area contributed by atoms with E-state index in [1.165, 1.54) is 32.2 Å². The van der Waals surface area contributed by atoms with E-state index in [2.05, 4.69) is 18.7 Å². The second-order valence-electron chi connectivity index (χ2n) is 3.91. The van der Waals surface area contributed by atoms with E-state index in [0.717, 1.165) is 6.04 Å². The van der Waals surface area contributed by atoms with Crippen molar-refractivity contribution < 1.29 is 32.7 Å². The van der Waals surface area contributed by atoms with Crippen LogP contribution in [0.4, 0.5) is 0 Å². The monoisotopic (exact) mass is 272 g/mol. The maximum atomic E-state index is 4.31. The van der Waals surface area contributed by atoms with E-state index in [9.17, 15) is 0 Å². The molecule has 0 aromatic rings. The van der Waals surface area contributed by atoms with Crippen molar-refractivity contribution in [2.45, 2.75) is 58.0 Å². The molecule has 83 valence electrons. The van der Waals surface area contributed by atoms with E-state index in [0.29, 0.717) is 5.54 Å². The first kappa shape index (κ1) is 17.5. The molecule has 1 radical (unpaired) electrons. The molecule has 0 aromatic heterocycles. The smallest absolute Gasteiger partial charge is 0.00438 e. The van der Waals surface area contributed by atoms with Crippen molar-refractivity contribution in [3.63, 3.8) is 0 Å². The van der Waals surface area contributed by atoms with Crippen molar-refractivity contribution >= 4 is 0 Å². The fraction of sp³-hybridized carbons (Fsp3) is 0.833. The number of fused-ring (bicyclic) bond motifs is 1. The Hall–Kier alpha value is 1.06. The SMILES string of the molecule is CC.[CH2-]C12CCCN1C(C)CC2.[CH3-].[Y]. The molecule has 2 fully saturated rings. The van der Waals surface area contributed by atoms with Gasteiger partial charge >= 0.3 is 0 Å². The van der Waals surface area contributed by atoms with Crippen LogP contribution < -0.4 is 0 Å². The van der Waals surface area contributed by atoms with E-state index in [-0.39, 0.29) is 40.1 Å². The molecule has 14 heavy (non-hydrogen) atoms. The van der Waals surface area contributed by atoms with E-state index in [4.69, 9.17) is 0 Å². The molecule has 2 rings (SSSR count). The number of hydrogen-bond donors (Lipinski definition) is 0. The second kappa shape index (κ2) is 7.36. The normalized spacial score (nSPS) is 34.7. The molecule has 2 unspecified atom stereocenters. The summed E-state index contributed by atoms with van der Waals surface area (Å²) in [4.78, 5) is 2.59. The van der Waals surface area contributed by atoms with Gasteiger partial charge in [-0.2, -0.15) is 0 Å². The molecule has 1 nitrogen and oxygen atoms in total. The second-order valence-corrected chi connectivity index (χ2v) is 3.91. The van der Waals surface area contributed by atoms with Gasteiger partial charge in [0.15, 0.2) is 0 Å². The van der Waals surface area contributed by atoms with Crippen molar-refractivity contribution in [2.24, 2.45) is 0 Å². The van der Waals surface area contributed by atoms with E-state index in [1.54, 1.807) is 0 Å². The van der Waals surface area contributed by atoms with E-state index in [1.807, 2.05) is 13.8 Å². The first-order valence-electron chi connectivity index (χ1n) is 5.34. The Balaban J connectivity index is 0. The van der Waals surface area contributed by atoms with Crippen LogP contribution in [0.5, 0.6) is 0 Å². The Labute approximate surface area is 116 Å². The summed E-state index contributed by atoms with van der Waals surface area (Å²) in [5.74, 6) is 0. The molecule has 0 aliphatic carbocycles. The predicted octanol–water partition coefficient (Wildman–Crippen LogP) is 3.31. The molecule has 2 atom stereocenters. The quantitative estimate of drug-likeness (QED) is 0.611. The molecule has 2 heteroatoms. The van der Waals surface area contributed by atoms with E-state index >= 15 is 0 Å². The Kier molecular flexibility index (Phi) is 9.17. The summed E-state index contributed by atoms with van der Waals surface area (Å²) < 4.78 is 0. The fourth-order valence-corrected chi connectivity index (χ4v) is 2.55. The largest absolute Gasteiger partial charge is 0.358 e. The van der Waals surface area contributed by atoms with Gasteiger partial charge in [0.05, 0.1) is 0 Å². The molecule has 0 saturated carbocycles. The van der Waals surface area contributed by atoms with E-state index < -0.39 is 0 Å². The maximum Gasteiger partial charge on any atom is 0.00438 e. The van der Waals surface area contributed by atoms with Gasteiger partial charge in [0, 0.05) is 38.8 Å². The predicted molar refractivity (Wildman–Crippen MR) is 60.5 cm³/mol. The molecule has 2 saturated heterocycles. The van der Waals surface area contributed by atoms with Gasteiger partial charge < -0.3 is 19.3 Å². The number of hydrogen-bond acceptors (Lipinski definition) is 1. The van der Waals surface area contributed by atoms with Crippen molar-refractivity contribution in [2.75, 3.05) is 6.54 Å². The van der Waals surface area contributed by atoms with Gasteiger partial charge in [-0.1, -0.05) is 26.7 Å². The molecular formula is C12H25NY-2. The minimum Gasteiger partial charge on any atom is -0.358 e. The average molecular weight is 272 g/mol. The fourth-order valence-electron chi connectivity index (χ4n) is 2.55. The summed E-state index contributed by atoms with van der Waals surface area (Å²) in [5, 5.41) is 0. The van der Waals surface area contributed by atoms with Crippen LogP contribution in [-0.2, 0) is 32.7 Å². The van der Waals surface area contributed by atoms with Gasteiger partial charge in [-0.25, -0.2) is 0 Å². The maximum absolute atomic E-state index is 4.31. The number of rotatable bonds is 0. The molecular weight excluding hydrogens is 247 g/mol. The minimum absolute atomic E-state index is 0. The zero-order valence-corrected chi connectivity index (χ0v) is 13.2. The van der Waals surface area contributed by atoms with Crippen molar-refractivity contribution in [3.05, 3.63) is 14.4 Å². The van der Waals surface area contributed by atoms with Gasteiger partial charge in [0.1, 0.15) is 0 Å². The molecule has 0 amide bonds. The zero-order chi connectivity index (χ0) is 9.19. The minimum atomic E-state index is 0. The molecule has 2 aliphatic heterocycles. The summed E-state index contributed by atoms with van der Waals surface area (Å²) in [6.45, 7) is 11.9. The van der Waals surface area contributed by atoms with Crippen LogP contribution in [0.15, 0.2) is 0 Å². The average Bonchev–Trinajstić information content (AvgIpc) is 2.57. The molecule has 2 aliphatic rings. The Morgan fingerprint density at radius 2 is 1.86 bits per heavy atom. The summed E-state index contributed by atoms with van der Waals surface area (Å²) in [6, 6.07) is 0.806. The van der Waals surface area contributed by atoms with Crippen LogP contribution in [0.25, 0.3) is 0 Å². The Bertz CT molecular complexity index is 149. The van der Waals surface area contributed by atoms with Gasteiger partial charge in [-0.15, -0.1) is 5.54 Å². The summed E-state index contributed by atoms with van der Waals surface area (Å²) in [6.07, 6.45) is 5.39. The van der Waals surface area contributed by atoms with Crippen LogP contribution >= 0.6 is 0 Å². The standard InChI is InChI=1S/C9H16N.C2H6.CH3.Y/c1-8-4-6-9(2)5-3-7-10(8)9;1-2;;/h8H,2-7H2,1H3;1-2H3;1H3;/q-1;;-1;. The Morgan fingerprint density at radius 1 is 1.29 bits per heavy atom. The zero-order valence-electron chi connectivity index (χ0n) is 10.3. The van der Waals surface area contributed by atoms with Crippen LogP contribution in [-0.4, -0.2) is 23.0 Å². The first-order chi connectivity index (χ1) is 5.72. The number of nitrogens with zero attached hydrogens (tertiary/aromatic N) is 1. The molecule has 0 spiro atoms. The third kappa shape index (κ3) is 3.28. The van der Waals surface area contributed by atoms with Gasteiger partial charge in [0.25, 0.3) is 0 Å². The topological polar surface area (TPSA) is 3.24 Å². The third-order valence-corrected chi connectivity index (χ3v) is 3.21. The van der Waals surface area contributed by atoms with Crippen LogP contribution in [0.1, 0.15) is 46.5 Å². The summed E-state index contributed by atoms with van der Waals surface area (Å²) in [5.41, 5.74) is 0.361. The molecule has 0 aromatic carbocycles.